The summed E-state index contributed by atoms with van der Waals surface area (Å²) in [6.07, 6.45) is 1.30. The number of nitrogens with zero attached hydrogens (tertiary/aromatic N) is 3. The lowest BCUT2D eigenvalue weighted by atomic mass is 9.90. The molecule has 0 radical (unpaired) electrons. The van der Waals surface area contributed by atoms with Gasteiger partial charge in [-0.15, -0.1) is 0 Å². The molecule has 1 aliphatic rings. The van der Waals surface area contributed by atoms with Crippen molar-refractivity contribution in [2.45, 2.75) is 150 Å². The van der Waals surface area contributed by atoms with Crippen LogP contribution >= 0.6 is 0 Å². The minimum Gasteiger partial charge on any atom is -0.508 e. The highest BCUT2D eigenvalue weighted by molar-refractivity contribution is 5.88. The van der Waals surface area contributed by atoms with E-state index in [0.29, 0.717) is 25.1 Å². The standard InChI is InChI=1S/C43H67N5O8.C3H8.C2H6/c1-11-28(4)39(47(8)37(51)25-44-43(54)38(27(2)3)46(7)26-31-19-21-33(49)22-20-31)35(55-9)24-36(50)48-23-15-18-34(48)41(56-10)29(5)42(53)45-30(6)40(52)32-16-13-12-14-17-32;1-3-2;1-2/h12-14,16-17,19-22,27-30,34-35,38-41,49,52H,11,15,18,23-26H2,1-10H3,(H,44,54)(H,45,53);3H2,1-2H3;1-2H3/t28?,29-,30?,34+,35?,38?,39?,40-,41?;;/m1../s1. The molecule has 1 heterocycles. The van der Waals surface area contributed by atoms with E-state index >= 15 is 0 Å². The van der Waals surface area contributed by atoms with E-state index in [0.717, 1.165) is 18.4 Å². The number of ether oxygens (including phenoxy) is 2. The quantitative estimate of drug-likeness (QED) is 0.109. The number of aromatic hydroxyl groups is 1. The Labute approximate surface area is 367 Å². The fourth-order valence-electron chi connectivity index (χ4n) is 8.09. The summed E-state index contributed by atoms with van der Waals surface area (Å²) in [6, 6.07) is 14.2. The predicted octanol–water partition coefficient (Wildman–Crippen LogP) is 6.57. The first-order valence-corrected chi connectivity index (χ1v) is 22.4. The van der Waals surface area contributed by atoms with Crippen LogP contribution in [-0.4, -0.2) is 126 Å². The zero-order valence-corrected chi connectivity index (χ0v) is 39.8. The first-order valence-electron chi connectivity index (χ1n) is 22.4. The summed E-state index contributed by atoms with van der Waals surface area (Å²) in [5.41, 5.74) is 1.65. The van der Waals surface area contributed by atoms with Gasteiger partial charge < -0.3 is 40.1 Å². The van der Waals surface area contributed by atoms with Crippen LogP contribution in [0.2, 0.25) is 0 Å². The molecule has 0 spiro atoms. The second kappa shape index (κ2) is 28.5. The molecule has 0 aliphatic carbocycles. The highest BCUT2D eigenvalue weighted by atomic mass is 16.5. The molecule has 4 N–H and O–H groups in total. The van der Waals surface area contributed by atoms with Gasteiger partial charge in [-0.05, 0) is 61.9 Å². The number of likely N-dealkylation sites (N-methyl/N-ethyl adjacent to an activating group) is 2. The van der Waals surface area contributed by atoms with Crippen LogP contribution in [0, 0.1) is 17.8 Å². The van der Waals surface area contributed by atoms with Gasteiger partial charge in [0.1, 0.15) is 5.75 Å². The van der Waals surface area contributed by atoms with E-state index in [1.54, 1.807) is 57.0 Å². The lowest BCUT2D eigenvalue weighted by molar-refractivity contribution is -0.146. The van der Waals surface area contributed by atoms with E-state index in [2.05, 4.69) is 24.5 Å². The van der Waals surface area contributed by atoms with Crippen molar-refractivity contribution in [3.05, 3.63) is 65.7 Å². The number of rotatable bonds is 21. The average Bonchev–Trinajstić information content (AvgIpc) is 3.74. The van der Waals surface area contributed by atoms with Gasteiger partial charge in [0.25, 0.3) is 0 Å². The Morgan fingerprint density at radius 1 is 0.885 bits per heavy atom. The Morgan fingerprint density at radius 2 is 1.48 bits per heavy atom. The summed E-state index contributed by atoms with van der Waals surface area (Å²) >= 11 is 0. The van der Waals surface area contributed by atoms with Gasteiger partial charge >= 0.3 is 0 Å². The molecule has 1 fully saturated rings. The molecule has 2 aromatic rings. The molecular weight excluding hydrogens is 775 g/mol. The number of likely N-dealkylation sites (tertiary alicyclic amines) is 1. The van der Waals surface area contributed by atoms with Crippen molar-refractivity contribution >= 4 is 23.6 Å². The Balaban J connectivity index is 0.00000355. The summed E-state index contributed by atoms with van der Waals surface area (Å²) < 4.78 is 11.9. The van der Waals surface area contributed by atoms with Gasteiger partial charge in [0.05, 0.1) is 61.4 Å². The summed E-state index contributed by atoms with van der Waals surface area (Å²) in [6.45, 7) is 20.5. The summed E-state index contributed by atoms with van der Waals surface area (Å²) in [5, 5.41) is 26.3. The number of methoxy groups -OCH3 is 2. The summed E-state index contributed by atoms with van der Waals surface area (Å²) in [7, 11) is 6.64. The van der Waals surface area contributed by atoms with E-state index in [1.807, 2.05) is 96.0 Å². The maximum Gasteiger partial charge on any atom is 0.242 e. The van der Waals surface area contributed by atoms with Crippen molar-refractivity contribution in [1.29, 1.82) is 0 Å². The average molecular weight is 856 g/mol. The summed E-state index contributed by atoms with van der Waals surface area (Å²) in [4.78, 5) is 60.1. The third kappa shape index (κ3) is 16.6. The van der Waals surface area contributed by atoms with Crippen LogP contribution in [0.4, 0.5) is 0 Å². The van der Waals surface area contributed by atoms with Crippen molar-refractivity contribution in [3.63, 3.8) is 0 Å². The number of aliphatic hydroxyl groups is 1. The van der Waals surface area contributed by atoms with Crippen molar-refractivity contribution in [1.82, 2.24) is 25.3 Å². The molecule has 2 aromatic carbocycles. The third-order valence-electron chi connectivity index (χ3n) is 11.4. The molecule has 0 aromatic heterocycles. The predicted molar refractivity (Wildman–Crippen MR) is 244 cm³/mol. The van der Waals surface area contributed by atoms with Crippen molar-refractivity contribution in [3.8, 4) is 5.75 Å². The number of carbonyl (C=O) groups excluding carboxylic acids is 4. The normalized spacial score (nSPS) is 17.6. The van der Waals surface area contributed by atoms with Crippen LogP contribution in [-0.2, 0) is 35.2 Å². The fourth-order valence-corrected chi connectivity index (χ4v) is 8.09. The van der Waals surface area contributed by atoms with Gasteiger partial charge in [0.15, 0.2) is 0 Å². The number of nitrogens with one attached hydrogen (secondary N) is 2. The highest BCUT2D eigenvalue weighted by Crippen LogP contribution is 2.30. The Bertz CT molecular complexity index is 1560. The SMILES string of the molecule is CC.CCC.CCC(C)C(C(CC(=O)N1CCC[C@H]1C(OC)[C@@H](C)C(=O)NC(C)[C@@H](O)c1ccccc1)OC)N(C)C(=O)CNC(=O)C(C(C)C)N(C)Cc1ccc(O)cc1. The Hall–Kier alpha value is -4.04. The van der Waals surface area contributed by atoms with Crippen molar-refractivity contribution in [2.24, 2.45) is 17.8 Å². The molecule has 346 valence electrons. The fraction of sp³-hybridized carbons (Fsp3) is 0.667. The van der Waals surface area contributed by atoms with E-state index < -0.39 is 42.4 Å². The van der Waals surface area contributed by atoms with Crippen LogP contribution in [0.15, 0.2) is 54.6 Å². The number of hydrogen-bond donors (Lipinski definition) is 4. The lowest BCUT2D eigenvalue weighted by Gasteiger charge is -2.39. The molecule has 3 rings (SSSR count). The second-order valence-corrected chi connectivity index (χ2v) is 16.5. The number of phenolic OH excluding ortho intramolecular Hbond substituents is 1. The van der Waals surface area contributed by atoms with Gasteiger partial charge in [-0.2, -0.15) is 0 Å². The number of phenols is 1. The number of carbonyl (C=O) groups is 4. The van der Waals surface area contributed by atoms with E-state index in [1.165, 1.54) is 6.42 Å². The molecule has 61 heavy (non-hydrogen) atoms. The summed E-state index contributed by atoms with van der Waals surface area (Å²) in [5.74, 6) is -1.51. The molecule has 0 saturated carbocycles. The Kier molecular flexibility index (Phi) is 25.7. The number of hydrogen-bond acceptors (Lipinski definition) is 9. The molecule has 4 amide bonds. The molecule has 9 atom stereocenters. The van der Waals surface area contributed by atoms with Crippen molar-refractivity contribution in [2.75, 3.05) is 41.4 Å². The van der Waals surface area contributed by atoms with Crippen molar-refractivity contribution < 1.29 is 38.9 Å². The van der Waals surface area contributed by atoms with Crippen LogP contribution in [0.5, 0.6) is 5.75 Å². The third-order valence-corrected chi connectivity index (χ3v) is 11.4. The van der Waals surface area contributed by atoms with E-state index in [9.17, 15) is 29.4 Å². The first-order chi connectivity index (χ1) is 29.0. The highest BCUT2D eigenvalue weighted by Gasteiger charge is 2.42. The zero-order chi connectivity index (χ0) is 46.4. The lowest BCUT2D eigenvalue weighted by Crippen LogP contribution is -2.55. The molecule has 13 heteroatoms. The van der Waals surface area contributed by atoms with Gasteiger partial charge in [0.2, 0.25) is 23.6 Å². The smallest absolute Gasteiger partial charge is 0.242 e. The van der Waals surface area contributed by atoms with Gasteiger partial charge in [0, 0.05) is 34.4 Å². The molecule has 1 saturated heterocycles. The van der Waals surface area contributed by atoms with Crippen LogP contribution in [0.3, 0.4) is 0 Å². The van der Waals surface area contributed by atoms with Gasteiger partial charge in [-0.1, -0.05) is 118 Å². The maximum atomic E-state index is 14.1. The molecular formula is C48H81N5O8. The minimum atomic E-state index is -0.884. The van der Waals surface area contributed by atoms with Gasteiger partial charge in [-0.25, -0.2) is 0 Å². The maximum absolute atomic E-state index is 14.1. The van der Waals surface area contributed by atoms with E-state index in [-0.39, 0.29) is 60.2 Å². The number of benzene rings is 2. The van der Waals surface area contributed by atoms with E-state index in [4.69, 9.17) is 9.47 Å². The minimum absolute atomic E-state index is 0.0147. The van der Waals surface area contributed by atoms with Crippen LogP contribution in [0.1, 0.15) is 119 Å². The first kappa shape index (κ1) is 55.0. The zero-order valence-electron chi connectivity index (χ0n) is 39.8. The molecule has 13 nitrogen and oxygen atoms in total. The largest absolute Gasteiger partial charge is 0.508 e. The van der Waals surface area contributed by atoms with Crippen LogP contribution < -0.4 is 10.6 Å². The molecule has 1 aliphatic heterocycles. The second-order valence-electron chi connectivity index (χ2n) is 16.5. The molecule has 0 bridgehead atoms. The number of aliphatic hydroxyl groups excluding tert-OH is 1. The topological polar surface area (TPSA) is 161 Å². The monoisotopic (exact) mass is 856 g/mol. The molecule has 6 unspecified atom stereocenters. The Morgan fingerprint density at radius 3 is 2.00 bits per heavy atom. The van der Waals surface area contributed by atoms with Crippen LogP contribution in [0.25, 0.3) is 0 Å². The van der Waals surface area contributed by atoms with Gasteiger partial charge in [-0.3, -0.25) is 24.1 Å². The number of amides is 4.